The van der Waals surface area contributed by atoms with E-state index in [9.17, 15) is 9.59 Å². The fourth-order valence-electron chi connectivity index (χ4n) is 2.50. The van der Waals surface area contributed by atoms with Crippen LogP contribution < -0.4 is 10.9 Å². The zero-order valence-corrected chi connectivity index (χ0v) is 11.9. The summed E-state index contributed by atoms with van der Waals surface area (Å²) in [5.74, 6) is 0.567. The largest absolute Gasteiger partial charge is 0.469 e. The first-order chi connectivity index (χ1) is 10.7. The molecule has 0 spiro atoms. The highest BCUT2D eigenvalue weighted by molar-refractivity contribution is 5.94. The minimum atomic E-state index is -0.242. The Morgan fingerprint density at radius 3 is 2.64 bits per heavy atom. The van der Waals surface area contributed by atoms with E-state index in [0.717, 1.165) is 5.76 Å². The van der Waals surface area contributed by atoms with Gasteiger partial charge < -0.3 is 9.84 Å². The minimum absolute atomic E-state index is 0.00336. The van der Waals surface area contributed by atoms with Crippen molar-refractivity contribution < 1.29 is 14.0 Å². The Morgan fingerprint density at radius 2 is 1.91 bits per heavy atom. The van der Waals surface area contributed by atoms with E-state index in [1.165, 1.54) is 6.08 Å². The van der Waals surface area contributed by atoms with Gasteiger partial charge in [-0.15, -0.1) is 0 Å². The Labute approximate surface area is 128 Å². The minimum Gasteiger partial charge on any atom is -0.469 e. The number of furan rings is 1. The fraction of sp³-hybridized carbons (Fsp3) is 0.176. The predicted molar refractivity (Wildman–Crippen MR) is 80.8 cm³/mol. The summed E-state index contributed by atoms with van der Waals surface area (Å²) >= 11 is 0. The first-order valence-electron chi connectivity index (χ1n) is 7.10. The van der Waals surface area contributed by atoms with E-state index < -0.39 is 0 Å². The Hall–Kier alpha value is -2.82. The molecule has 1 aromatic carbocycles. The van der Waals surface area contributed by atoms with Gasteiger partial charge in [-0.05, 0) is 30.7 Å². The third kappa shape index (κ3) is 3.25. The van der Waals surface area contributed by atoms with Gasteiger partial charge in [0.05, 0.1) is 6.26 Å². The molecule has 5 nitrogen and oxygen atoms in total. The molecule has 1 heterocycles. The van der Waals surface area contributed by atoms with Gasteiger partial charge in [0.2, 0.25) is 0 Å². The van der Waals surface area contributed by atoms with Crippen LogP contribution in [0.3, 0.4) is 0 Å². The molecular weight excluding hydrogens is 280 g/mol. The smallest absolute Gasteiger partial charge is 0.269 e. The van der Waals surface area contributed by atoms with Crippen molar-refractivity contribution in [3.8, 4) is 0 Å². The van der Waals surface area contributed by atoms with Crippen LogP contribution in [0.5, 0.6) is 0 Å². The molecule has 1 amide bonds. The summed E-state index contributed by atoms with van der Waals surface area (Å²) in [6, 6.07) is 12.6. The molecule has 0 fully saturated rings. The highest BCUT2D eigenvalue weighted by Crippen LogP contribution is 2.30. The van der Waals surface area contributed by atoms with Crippen LogP contribution in [-0.4, -0.2) is 11.7 Å². The molecule has 2 aromatic rings. The van der Waals surface area contributed by atoms with Gasteiger partial charge in [0.15, 0.2) is 5.78 Å². The number of hydrogen-bond donors (Lipinski definition) is 2. The summed E-state index contributed by atoms with van der Waals surface area (Å²) in [5.41, 5.74) is 6.69. The molecule has 5 heteroatoms. The number of ketones is 1. The monoisotopic (exact) mass is 296 g/mol. The zero-order chi connectivity index (χ0) is 15.4. The van der Waals surface area contributed by atoms with Crippen molar-refractivity contribution >= 4 is 11.7 Å². The molecule has 0 radical (unpaired) electrons. The molecule has 112 valence electrons. The van der Waals surface area contributed by atoms with Crippen LogP contribution in [0.2, 0.25) is 0 Å². The highest BCUT2D eigenvalue weighted by Gasteiger charge is 2.24. The first-order valence-corrected chi connectivity index (χ1v) is 7.10. The van der Waals surface area contributed by atoms with Crippen molar-refractivity contribution in [2.24, 2.45) is 0 Å². The van der Waals surface area contributed by atoms with Crippen LogP contribution in [0.4, 0.5) is 0 Å². The second-order valence-corrected chi connectivity index (χ2v) is 5.20. The van der Waals surface area contributed by atoms with Gasteiger partial charge in [-0.25, -0.2) is 0 Å². The molecular formula is C17H16N2O3. The summed E-state index contributed by atoms with van der Waals surface area (Å²) in [4.78, 5) is 23.8. The molecule has 0 aliphatic heterocycles. The molecule has 1 atom stereocenters. The maximum atomic E-state index is 12.0. The maximum Gasteiger partial charge on any atom is 0.269 e. The van der Waals surface area contributed by atoms with Crippen molar-refractivity contribution in [2.45, 2.75) is 18.8 Å². The topological polar surface area (TPSA) is 71.3 Å². The molecule has 3 rings (SSSR count). The number of amides is 1. The molecule has 0 unspecified atom stereocenters. The van der Waals surface area contributed by atoms with Gasteiger partial charge in [-0.1, -0.05) is 18.2 Å². The van der Waals surface area contributed by atoms with E-state index in [4.69, 9.17) is 4.42 Å². The Kier molecular flexibility index (Phi) is 4.05. The van der Waals surface area contributed by atoms with Gasteiger partial charge in [0.1, 0.15) is 5.76 Å². The Morgan fingerprint density at radius 1 is 1.09 bits per heavy atom. The Bertz CT molecular complexity index is 690. The number of hydrogen-bond acceptors (Lipinski definition) is 4. The van der Waals surface area contributed by atoms with Crippen LogP contribution in [-0.2, 0) is 4.79 Å². The SMILES string of the molecule is O=C1C=C(NNC(=O)c2ccccc2)C[C@@H](c2ccco2)C1. The van der Waals surface area contributed by atoms with Crippen LogP contribution >= 0.6 is 0 Å². The molecule has 1 aromatic heterocycles. The first kappa shape index (κ1) is 14.1. The van der Waals surface area contributed by atoms with E-state index in [1.54, 1.807) is 30.5 Å². The predicted octanol–water partition coefficient (Wildman–Crippen LogP) is 2.54. The lowest BCUT2D eigenvalue weighted by molar-refractivity contribution is -0.115. The average molecular weight is 296 g/mol. The molecule has 0 saturated heterocycles. The molecule has 1 aliphatic rings. The van der Waals surface area contributed by atoms with E-state index in [1.807, 2.05) is 18.2 Å². The van der Waals surface area contributed by atoms with Gasteiger partial charge in [0, 0.05) is 29.7 Å². The quantitative estimate of drug-likeness (QED) is 0.851. The van der Waals surface area contributed by atoms with Crippen LogP contribution in [0.1, 0.15) is 34.9 Å². The third-order valence-electron chi connectivity index (χ3n) is 3.57. The van der Waals surface area contributed by atoms with Crippen molar-refractivity contribution in [1.82, 2.24) is 10.9 Å². The summed E-state index contributed by atoms with van der Waals surface area (Å²) in [5, 5.41) is 0. The average Bonchev–Trinajstić information content (AvgIpc) is 3.07. The number of allylic oxidation sites excluding steroid dienone is 2. The van der Waals surface area contributed by atoms with Crippen molar-refractivity contribution in [3.63, 3.8) is 0 Å². The van der Waals surface area contributed by atoms with Gasteiger partial charge in [-0.3, -0.25) is 15.0 Å². The normalized spacial score (nSPS) is 17.7. The summed E-state index contributed by atoms with van der Waals surface area (Å²) in [6.07, 6.45) is 4.17. The number of carbonyl (C=O) groups is 2. The molecule has 22 heavy (non-hydrogen) atoms. The van der Waals surface area contributed by atoms with Gasteiger partial charge in [-0.2, -0.15) is 0 Å². The van der Waals surface area contributed by atoms with E-state index in [0.29, 0.717) is 24.1 Å². The van der Waals surface area contributed by atoms with Crippen molar-refractivity contribution in [3.05, 3.63) is 71.8 Å². The molecule has 0 saturated carbocycles. The molecule has 0 bridgehead atoms. The summed E-state index contributed by atoms with van der Waals surface area (Å²) in [7, 11) is 0. The van der Waals surface area contributed by atoms with E-state index in [-0.39, 0.29) is 17.6 Å². The van der Waals surface area contributed by atoms with E-state index in [2.05, 4.69) is 10.9 Å². The van der Waals surface area contributed by atoms with Crippen LogP contribution in [0, 0.1) is 0 Å². The van der Waals surface area contributed by atoms with Crippen molar-refractivity contribution in [1.29, 1.82) is 0 Å². The standard InChI is InChI=1S/C17H16N2O3/c20-15-10-13(16-7-4-8-22-16)9-14(11-15)18-19-17(21)12-5-2-1-3-6-12/h1-8,11,13,18H,9-10H2,(H,19,21)/t13-/m1/s1. The fourth-order valence-corrected chi connectivity index (χ4v) is 2.50. The molecule has 1 aliphatic carbocycles. The van der Waals surface area contributed by atoms with Gasteiger partial charge >= 0.3 is 0 Å². The second-order valence-electron chi connectivity index (χ2n) is 5.20. The van der Waals surface area contributed by atoms with E-state index >= 15 is 0 Å². The number of hydrazine groups is 1. The summed E-state index contributed by atoms with van der Waals surface area (Å²) in [6.45, 7) is 0. The maximum absolute atomic E-state index is 12.0. The lowest BCUT2D eigenvalue weighted by Crippen LogP contribution is -2.38. The Balaban J connectivity index is 1.62. The number of benzene rings is 1. The zero-order valence-electron chi connectivity index (χ0n) is 11.9. The number of rotatable bonds is 4. The third-order valence-corrected chi connectivity index (χ3v) is 3.57. The number of carbonyl (C=O) groups excluding carboxylic acids is 2. The van der Waals surface area contributed by atoms with Crippen molar-refractivity contribution in [2.75, 3.05) is 0 Å². The highest BCUT2D eigenvalue weighted by atomic mass is 16.3. The summed E-state index contributed by atoms with van der Waals surface area (Å²) < 4.78 is 5.37. The number of nitrogens with one attached hydrogen (secondary N) is 2. The lowest BCUT2D eigenvalue weighted by atomic mass is 9.89. The molecule has 2 N–H and O–H groups in total. The second kappa shape index (κ2) is 6.30. The van der Waals surface area contributed by atoms with Gasteiger partial charge in [0.25, 0.3) is 5.91 Å². The lowest BCUT2D eigenvalue weighted by Gasteiger charge is -2.21. The van der Waals surface area contributed by atoms with Crippen LogP contribution in [0.15, 0.2) is 64.9 Å². The van der Waals surface area contributed by atoms with Crippen LogP contribution in [0.25, 0.3) is 0 Å².